The van der Waals surface area contributed by atoms with Gasteiger partial charge in [-0.3, -0.25) is 0 Å². The minimum Gasteiger partial charge on any atom is -0.342 e. The van der Waals surface area contributed by atoms with E-state index in [2.05, 4.69) is 25.9 Å². The highest BCUT2D eigenvalue weighted by Gasteiger charge is 2.08. The minimum absolute atomic E-state index is 0.0940. The SMILES string of the molecule is CC(N)CN(C)c1ncc(-c2ccccc2Br)cn1. The summed E-state index contributed by atoms with van der Waals surface area (Å²) in [6.07, 6.45) is 3.67. The fraction of sp³-hybridized carbons (Fsp3) is 0.286. The van der Waals surface area contributed by atoms with Gasteiger partial charge < -0.3 is 10.6 Å². The highest BCUT2D eigenvalue weighted by atomic mass is 79.9. The van der Waals surface area contributed by atoms with Crippen LogP contribution in [0.25, 0.3) is 11.1 Å². The van der Waals surface area contributed by atoms with E-state index >= 15 is 0 Å². The summed E-state index contributed by atoms with van der Waals surface area (Å²) in [6, 6.07) is 8.12. The topological polar surface area (TPSA) is 55.0 Å². The molecule has 1 aromatic carbocycles. The molecule has 0 spiro atoms. The van der Waals surface area contributed by atoms with Crippen molar-refractivity contribution in [1.29, 1.82) is 0 Å². The molecule has 0 amide bonds. The average Bonchev–Trinajstić information content (AvgIpc) is 2.39. The predicted molar refractivity (Wildman–Crippen MR) is 82.1 cm³/mol. The molecule has 0 aliphatic rings. The maximum absolute atomic E-state index is 5.77. The lowest BCUT2D eigenvalue weighted by atomic mass is 10.1. The Morgan fingerprint density at radius 1 is 1.26 bits per heavy atom. The lowest BCUT2D eigenvalue weighted by Gasteiger charge is -2.19. The largest absolute Gasteiger partial charge is 0.342 e. The first-order valence-corrected chi connectivity index (χ1v) is 6.91. The summed E-state index contributed by atoms with van der Waals surface area (Å²) in [5.41, 5.74) is 7.85. The van der Waals surface area contributed by atoms with E-state index in [0.29, 0.717) is 5.95 Å². The van der Waals surface area contributed by atoms with Gasteiger partial charge in [0, 0.05) is 42.1 Å². The molecule has 0 aliphatic heterocycles. The molecule has 2 N–H and O–H groups in total. The van der Waals surface area contributed by atoms with Crippen molar-refractivity contribution in [3.8, 4) is 11.1 Å². The second-order valence-electron chi connectivity index (χ2n) is 4.61. The van der Waals surface area contributed by atoms with Gasteiger partial charge in [-0.05, 0) is 18.6 Å². The summed E-state index contributed by atoms with van der Waals surface area (Å²) in [7, 11) is 1.94. The molecule has 4 nitrogen and oxygen atoms in total. The third kappa shape index (κ3) is 3.52. The second-order valence-corrected chi connectivity index (χ2v) is 5.46. The summed E-state index contributed by atoms with van der Waals surface area (Å²) < 4.78 is 1.04. The summed E-state index contributed by atoms with van der Waals surface area (Å²) >= 11 is 3.53. The first kappa shape index (κ1) is 14.0. The van der Waals surface area contributed by atoms with Crippen molar-refractivity contribution >= 4 is 21.9 Å². The number of nitrogens with zero attached hydrogens (tertiary/aromatic N) is 3. The van der Waals surface area contributed by atoms with Crippen molar-refractivity contribution in [3.05, 3.63) is 41.1 Å². The number of hydrogen-bond acceptors (Lipinski definition) is 4. The summed E-state index contributed by atoms with van der Waals surface area (Å²) in [5.74, 6) is 0.688. The first-order chi connectivity index (χ1) is 9.08. The Morgan fingerprint density at radius 2 is 1.89 bits per heavy atom. The third-order valence-electron chi connectivity index (χ3n) is 2.73. The van der Waals surface area contributed by atoms with E-state index in [1.807, 2.05) is 55.5 Å². The Balaban J connectivity index is 2.21. The Morgan fingerprint density at radius 3 is 2.47 bits per heavy atom. The van der Waals surface area contributed by atoms with Gasteiger partial charge in [-0.15, -0.1) is 0 Å². The van der Waals surface area contributed by atoms with Gasteiger partial charge >= 0.3 is 0 Å². The molecule has 19 heavy (non-hydrogen) atoms. The quantitative estimate of drug-likeness (QED) is 0.941. The standard InChI is InChI=1S/C14H17BrN4/c1-10(16)9-19(2)14-17-7-11(8-18-14)12-5-3-4-6-13(12)15/h3-8,10H,9,16H2,1-2H3. The van der Waals surface area contributed by atoms with Gasteiger partial charge in [-0.25, -0.2) is 9.97 Å². The van der Waals surface area contributed by atoms with Gasteiger partial charge in [0.15, 0.2) is 0 Å². The number of likely N-dealkylation sites (N-methyl/N-ethyl adjacent to an activating group) is 1. The zero-order valence-corrected chi connectivity index (χ0v) is 12.6. The highest BCUT2D eigenvalue weighted by molar-refractivity contribution is 9.10. The molecule has 0 fully saturated rings. The second kappa shape index (κ2) is 6.12. The maximum Gasteiger partial charge on any atom is 0.225 e. The van der Waals surface area contributed by atoms with Gasteiger partial charge in [0.2, 0.25) is 5.95 Å². The first-order valence-electron chi connectivity index (χ1n) is 6.11. The zero-order chi connectivity index (χ0) is 13.8. The Hall–Kier alpha value is -1.46. The van der Waals surface area contributed by atoms with Crippen LogP contribution in [-0.2, 0) is 0 Å². The molecule has 2 rings (SSSR count). The van der Waals surface area contributed by atoms with E-state index in [9.17, 15) is 0 Å². The zero-order valence-electron chi connectivity index (χ0n) is 11.0. The molecule has 1 unspecified atom stereocenters. The van der Waals surface area contributed by atoms with Gasteiger partial charge in [-0.2, -0.15) is 0 Å². The van der Waals surface area contributed by atoms with Crippen LogP contribution in [0.4, 0.5) is 5.95 Å². The smallest absolute Gasteiger partial charge is 0.225 e. The molecule has 0 saturated carbocycles. The third-order valence-corrected chi connectivity index (χ3v) is 3.42. The molecule has 0 radical (unpaired) electrons. The van der Waals surface area contributed by atoms with E-state index < -0.39 is 0 Å². The van der Waals surface area contributed by atoms with Crippen LogP contribution in [-0.4, -0.2) is 29.6 Å². The van der Waals surface area contributed by atoms with Crippen LogP contribution in [0.5, 0.6) is 0 Å². The lowest BCUT2D eigenvalue weighted by molar-refractivity contribution is 0.704. The molecule has 1 atom stereocenters. The summed E-state index contributed by atoms with van der Waals surface area (Å²) in [4.78, 5) is 10.7. The highest BCUT2D eigenvalue weighted by Crippen LogP contribution is 2.27. The summed E-state index contributed by atoms with van der Waals surface area (Å²) in [5, 5.41) is 0. The Kier molecular flexibility index (Phi) is 4.50. The van der Waals surface area contributed by atoms with Crippen molar-refractivity contribution < 1.29 is 0 Å². The molecular formula is C14H17BrN4. The Labute approximate surface area is 121 Å². The Bertz CT molecular complexity index is 539. The van der Waals surface area contributed by atoms with E-state index in [1.165, 1.54) is 0 Å². The molecule has 1 heterocycles. The van der Waals surface area contributed by atoms with Gasteiger partial charge in [0.05, 0.1) is 0 Å². The van der Waals surface area contributed by atoms with Crippen molar-refractivity contribution in [2.24, 2.45) is 5.73 Å². The van der Waals surface area contributed by atoms with E-state index in [-0.39, 0.29) is 6.04 Å². The van der Waals surface area contributed by atoms with Crippen LogP contribution in [0, 0.1) is 0 Å². The maximum atomic E-state index is 5.77. The molecule has 0 bridgehead atoms. The molecule has 0 saturated heterocycles. The van der Waals surface area contributed by atoms with Gasteiger partial charge in [-0.1, -0.05) is 34.1 Å². The monoisotopic (exact) mass is 320 g/mol. The van der Waals surface area contributed by atoms with E-state index in [4.69, 9.17) is 5.73 Å². The lowest BCUT2D eigenvalue weighted by Crippen LogP contribution is -2.33. The number of hydrogen-bond donors (Lipinski definition) is 1. The number of aromatic nitrogens is 2. The number of nitrogens with two attached hydrogens (primary N) is 1. The fourth-order valence-corrected chi connectivity index (χ4v) is 2.38. The number of rotatable bonds is 4. The van der Waals surface area contributed by atoms with Crippen molar-refractivity contribution in [2.75, 3.05) is 18.5 Å². The van der Waals surface area contributed by atoms with E-state index in [0.717, 1.165) is 22.1 Å². The van der Waals surface area contributed by atoms with Crippen molar-refractivity contribution in [3.63, 3.8) is 0 Å². The van der Waals surface area contributed by atoms with Gasteiger partial charge in [0.1, 0.15) is 0 Å². The molecular weight excluding hydrogens is 304 g/mol. The molecule has 100 valence electrons. The number of halogens is 1. The molecule has 5 heteroatoms. The van der Waals surface area contributed by atoms with E-state index in [1.54, 1.807) is 0 Å². The normalized spacial score (nSPS) is 12.2. The number of anilines is 1. The van der Waals surface area contributed by atoms with Crippen LogP contribution >= 0.6 is 15.9 Å². The minimum atomic E-state index is 0.0940. The van der Waals surface area contributed by atoms with Crippen molar-refractivity contribution in [1.82, 2.24) is 9.97 Å². The van der Waals surface area contributed by atoms with Crippen LogP contribution in [0.2, 0.25) is 0 Å². The van der Waals surface area contributed by atoms with Crippen LogP contribution in [0.3, 0.4) is 0 Å². The van der Waals surface area contributed by atoms with Crippen LogP contribution in [0.1, 0.15) is 6.92 Å². The van der Waals surface area contributed by atoms with Crippen molar-refractivity contribution in [2.45, 2.75) is 13.0 Å². The molecule has 0 aliphatic carbocycles. The molecule has 2 aromatic rings. The number of benzene rings is 1. The predicted octanol–water partition coefficient (Wildman–Crippen LogP) is 2.69. The average molecular weight is 321 g/mol. The van der Waals surface area contributed by atoms with Crippen LogP contribution in [0.15, 0.2) is 41.1 Å². The summed E-state index contributed by atoms with van der Waals surface area (Å²) in [6.45, 7) is 2.69. The van der Waals surface area contributed by atoms with Crippen LogP contribution < -0.4 is 10.6 Å². The fourth-order valence-electron chi connectivity index (χ4n) is 1.87. The van der Waals surface area contributed by atoms with Gasteiger partial charge in [0.25, 0.3) is 0 Å². The molecule has 1 aromatic heterocycles.